The van der Waals surface area contributed by atoms with Gasteiger partial charge >= 0.3 is 5.97 Å². The van der Waals surface area contributed by atoms with Gasteiger partial charge in [0.15, 0.2) is 0 Å². The molecule has 5 nitrogen and oxygen atoms in total. The number of amides is 1. The van der Waals surface area contributed by atoms with Crippen molar-refractivity contribution < 1.29 is 14.7 Å². The van der Waals surface area contributed by atoms with E-state index in [-0.39, 0.29) is 12.3 Å². The summed E-state index contributed by atoms with van der Waals surface area (Å²) in [6, 6.07) is 36.6. The number of nitrogens with one attached hydrogen (secondary N) is 1. The van der Waals surface area contributed by atoms with E-state index in [2.05, 4.69) is 35.3 Å². The molecular weight excluding hydrogens is 504 g/mol. The number of rotatable bonds is 5. The van der Waals surface area contributed by atoms with Crippen molar-refractivity contribution in [3.63, 3.8) is 0 Å². The van der Waals surface area contributed by atoms with Crippen LogP contribution in [0.1, 0.15) is 17.4 Å². The van der Waals surface area contributed by atoms with Crippen LogP contribution in [0.5, 0.6) is 0 Å². The Bertz CT molecular complexity index is 1840. The number of hydrogen-bond acceptors (Lipinski definition) is 3. The van der Waals surface area contributed by atoms with Crippen molar-refractivity contribution in [2.75, 3.05) is 4.90 Å². The van der Waals surface area contributed by atoms with Gasteiger partial charge in [0.1, 0.15) is 5.37 Å². The van der Waals surface area contributed by atoms with Crippen LogP contribution < -0.4 is 4.90 Å². The first-order chi connectivity index (χ1) is 19.1. The molecular formula is C33H24N2O3S. The number of carbonyl (C=O) groups excluding carboxylic acids is 1. The first-order valence-corrected chi connectivity index (χ1v) is 13.8. The fourth-order valence-corrected chi connectivity index (χ4v) is 7.27. The van der Waals surface area contributed by atoms with E-state index in [4.69, 9.17) is 0 Å². The van der Waals surface area contributed by atoms with Crippen LogP contribution in [-0.4, -0.2) is 27.2 Å². The standard InChI is InChI=1S/C33H24N2O3S/c36-28(37)19-27-32(38)35(31-25-16-8-9-17-26(25)34-30(31)20-10-2-1-3-11-20)33(39-27)29-23-14-6-4-12-21(23)18-22-13-5-7-15-24(22)29/h1-18,27,33-34H,19H2,(H,36,37). The zero-order valence-corrected chi connectivity index (χ0v) is 21.7. The summed E-state index contributed by atoms with van der Waals surface area (Å²) in [7, 11) is 0. The van der Waals surface area contributed by atoms with Crippen LogP contribution in [0.15, 0.2) is 109 Å². The highest BCUT2D eigenvalue weighted by molar-refractivity contribution is 8.01. The molecule has 7 rings (SSSR count). The number of carbonyl (C=O) groups is 2. The summed E-state index contributed by atoms with van der Waals surface area (Å²) < 4.78 is 0. The van der Waals surface area contributed by atoms with Gasteiger partial charge in [0.25, 0.3) is 0 Å². The number of carboxylic acid groups (broad SMARTS) is 1. The molecule has 0 spiro atoms. The Morgan fingerprint density at radius 3 is 2.05 bits per heavy atom. The van der Waals surface area contributed by atoms with Crippen LogP contribution in [-0.2, 0) is 9.59 Å². The number of H-pyrrole nitrogens is 1. The minimum Gasteiger partial charge on any atom is -0.481 e. The number of para-hydroxylation sites is 1. The van der Waals surface area contributed by atoms with Crippen LogP contribution in [0, 0.1) is 0 Å². The Morgan fingerprint density at radius 1 is 0.795 bits per heavy atom. The predicted molar refractivity (Wildman–Crippen MR) is 159 cm³/mol. The Morgan fingerprint density at radius 2 is 1.38 bits per heavy atom. The number of aliphatic carboxylic acids is 1. The van der Waals surface area contributed by atoms with Crippen LogP contribution in [0.25, 0.3) is 43.7 Å². The molecule has 2 unspecified atom stereocenters. The number of anilines is 1. The summed E-state index contributed by atoms with van der Waals surface area (Å²) in [6.07, 6.45) is -0.234. The van der Waals surface area contributed by atoms with E-state index >= 15 is 0 Å². The molecule has 6 aromatic rings. The van der Waals surface area contributed by atoms with Crippen molar-refractivity contribution in [3.05, 3.63) is 115 Å². The molecule has 2 N–H and O–H groups in total. The lowest BCUT2D eigenvalue weighted by Gasteiger charge is -2.27. The lowest BCUT2D eigenvalue weighted by Crippen LogP contribution is -2.32. The topological polar surface area (TPSA) is 73.4 Å². The summed E-state index contributed by atoms with van der Waals surface area (Å²) in [4.78, 5) is 31.5. The van der Waals surface area contributed by atoms with Gasteiger partial charge < -0.3 is 10.1 Å². The summed E-state index contributed by atoms with van der Waals surface area (Å²) >= 11 is 1.43. The highest BCUT2D eigenvalue weighted by Crippen LogP contribution is 2.53. The van der Waals surface area contributed by atoms with Gasteiger partial charge in [-0.05, 0) is 33.7 Å². The van der Waals surface area contributed by atoms with E-state index in [0.717, 1.165) is 55.0 Å². The van der Waals surface area contributed by atoms with E-state index in [0.29, 0.717) is 0 Å². The lowest BCUT2D eigenvalue weighted by molar-refractivity contribution is -0.138. The third-order valence-corrected chi connectivity index (χ3v) is 8.84. The number of carboxylic acids is 1. The highest BCUT2D eigenvalue weighted by atomic mass is 32.2. The van der Waals surface area contributed by atoms with Crippen molar-refractivity contribution in [1.82, 2.24) is 4.98 Å². The van der Waals surface area contributed by atoms with E-state index in [9.17, 15) is 14.7 Å². The van der Waals surface area contributed by atoms with Gasteiger partial charge in [-0.2, -0.15) is 0 Å². The quantitative estimate of drug-likeness (QED) is 0.224. The molecule has 5 aromatic carbocycles. The second-order valence-corrected chi connectivity index (χ2v) is 11.1. The summed E-state index contributed by atoms with van der Waals surface area (Å²) in [6.45, 7) is 0. The number of benzene rings is 5. The van der Waals surface area contributed by atoms with Crippen molar-refractivity contribution >= 4 is 61.8 Å². The molecule has 190 valence electrons. The summed E-state index contributed by atoms with van der Waals surface area (Å²) in [5.74, 6) is -1.17. The van der Waals surface area contributed by atoms with E-state index in [1.807, 2.05) is 83.8 Å². The molecule has 1 aliphatic heterocycles. The molecule has 6 heteroatoms. The maximum absolute atomic E-state index is 14.3. The monoisotopic (exact) mass is 528 g/mol. The number of aromatic nitrogens is 1. The fraction of sp³-hybridized carbons (Fsp3) is 0.0909. The Balaban J connectivity index is 1.55. The van der Waals surface area contributed by atoms with Crippen LogP contribution in [0.2, 0.25) is 0 Å². The largest absolute Gasteiger partial charge is 0.481 e. The molecule has 0 bridgehead atoms. The fourth-order valence-electron chi connectivity index (χ4n) is 5.77. The molecule has 2 atom stereocenters. The molecule has 1 aliphatic rings. The zero-order chi connectivity index (χ0) is 26.5. The van der Waals surface area contributed by atoms with E-state index in [1.165, 1.54) is 11.8 Å². The number of aromatic amines is 1. The molecule has 1 saturated heterocycles. The van der Waals surface area contributed by atoms with Crippen molar-refractivity contribution in [2.45, 2.75) is 17.0 Å². The third-order valence-electron chi connectivity index (χ3n) is 7.44. The van der Waals surface area contributed by atoms with Crippen LogP contribution in [0.3, 0.4) is 0 Å². The Hall–Kier alpha value is -4.55. The molecule has 0 radical (unpaired) electrons. The number of thioether (sulfide) groups is 1. The van der Waals surface area contributed by atoms with Gasteiger partial charge in [0.2, 0.25) is 5.91 Å². The Kier molecular flexibility index (Phi) is 5.63. The van der Waals surface area contributed by atoms with Gasteiger partial charge in [-0.1, -0.05) is 97.1 Å². The molecule has 1 aromatic heterocycles. The van der Waals surface area contributed by atoms with Crippen molar-refractivity contribution in [2.24, 2.45) is 0 Å². The maximum Gasteiger partial charge on any atom is 0.305 e. The SMILES string of the molecule is O=C(O)CC1SC(c2c3ccccc3cc3ccccc23)N(c2c(-c3ccccc3)[nH]c3ccccc23)C1=O. The Labute approximate surface area is 229 Å². The van der Waals surface area contributed by atoms with E-state index in [1.54, 1.807) is 0 Å². The van der Waals surface area contributed by atoms with Crippen molar-refractivity contribution in [3.8, 4) is 11.3 Å². The third kappa shape index (κ3) is 3.87. The molecule has 0 saturated carbocycles. The van der Waals surface area contributed by atoms with Gasteiger partial charge in [0.05, 0.1) is 23.1 Å². The summed E-state index contributed by atoms with van der Waals surface area (Å²) in [5, 5.41) is 13.8. The normalized spacial score (nSPS) is 17.4. The van der Waals surface area contributed by atoms with E-state index < -0.39 is 16.6 Å². The van der Waals surface area contributed by atoms with Gasteiger partial charge in [-0.15, -0.1) is 11.8 Å². The second-order valence-electron chi connectivity index (χ2n) is 9.78. The van der Waals surface area contributed by atoms with Gasteiger partial charge in [0, 0.05) is 22.0 Å². The van der Waals surface area contributed by atoms with Crippen LogP contribution in [0.4, 0.5) is 5.69 Å². The number of fused-ring (bicyclic) bond motifs is 3. The minimum atomic E-state index is -0.980. The predicted octanol–water partition coefficient (Wildman–Crippen LogP) is 7.76. The molecule has 2 heterocycles. The average Bonchev–Trinajstić information content (AvgIpc) is 3.48. The van der Waals surface area contributed by atoms with Gasteiger partial charge in [-0.25, -0.2) is 0 Å². The van der Waals surface area contributed by atoms with Gasteiger partial charge in [-0.3, -0.25) is 14.5 Å². The highest BCUT2D eigenvalue weighted by Gasteiger charge is 2.45. The van der Waals surface area contributed by atoms with Crippen LogP contribution >= 0.6 is 11.8 Å². The lowest BCUT2D eigenvalue weighted by atomic mass is 9.95. The first-order valence-electron chi connectivity index (χ1n) is 12.9. The number of hydrogen-bond donors (Lipinski definition) is 2. The van der Waals surface area contributed by atoms with Crippen molar-refractivity contribution in [1.29, 1.82) is 0 Å². The zero-order valence-electron chi connectivity index (χ0n) is 20.9. The minimum absolute atomic E-state index is 0.189. The number of nitrogens with zero attached hydrogens (tertiary/aromatic N) is 1. The molecule has 39 heavy (non-hydrogen) atoms. The first kappa shape index (κ1) is 23.6. The second kappa shape index (κ2) is 9.33. The summed E-state index contributed by atoms with van der Waals surface area (Å²) in [5.41, 5.74) is 4.54. The molecule has 1 fully saturated rings. The molecule has 1 amide bonds. The smallest absolute Gasteiger partial charge is 0.305 e. The average molecular weight is 529 g/mol. The maximum atomic E-state index is 14.3. The molecule has 0 aliphatic carbocycles.